The Morgan fingerprint density at radius 2 is 1.56 bits per heavy atom. The third-order valence-electron chi connectivity index (χ3n) is 6.41. The number of carbonyl (C=O) groups is 3. The van der Waals surface area contributed by atoms with E-state index in [1.54, 1.807) is 7.05 Å². The lowest BCUT2D eigenvalue weighted by Crippen LogP contribution is -2.47. The first-order chi connectivity index (χ1) is 15.1. The van der Waals surface area contributed by atoms with Crippen LogP contribution in [0.25, 0.3) is 0 Å². The summed E-state index contributed by atoms with van der Waals surface area (Å²) in [5, 5.41) is 0. The van der Waals surface area contributed by atoms with Crippen LogP contribution < -0.4 is 4.90 Å². The Kier molecular flexibility index (Phi) is 7.12. The number of amides is 1. The van der Waals surface area contributed by atoms with Crippen molar-refractivity contribution in [3.8, 4) is 0 Å². The first-order valence-corrected chi connectivity index (χ1v) is 10.9. The molecule has 32 heavy (non-hydrogen) atoms. The van der Waals surface area contributed by atoms with Crippen LogP contribution in [0.2, 0.25) is 0 Å². The number of benzene rings is 1. The molecule has 1 saturated carbocycles. The fraction of sp³-hybridized carbons (Fsp3) is 0.625. The number of esters is 2. The van der Waals surface area contributed by atoms with Crippen molar-refractivity contribution in [1.29, 1.82) is 0 Å². The summed E-state index contributed by atoms with van der Waals surface area (Å²) in [6.45, 7) is 6.44. The molecule has 0 aromatic heterocycles. The van der Waals surface area contributed by atoms with Gasteiger partial charge in [0.15, 0.2) is 0 Å². The summed E-state index contributed by atoms with van der Waals surface area (Å²) < 4.78 is 21.2. The van der Waals surface area contributed by atoms with Gasteiger partial charge in [0.25, 0.3) is 0 Å². The molecule has 2 fully saturated rings. The van der Waals surface area contributed by atoms with E-state index in [0.717, 1.165) is 5.56 Å². The van der Waals surface area contributed by atoms with Crippen molar-refractivity contribution >= 4 is 23.7 Å². The average Bonchev–Trinajstić information content (AvgIpc) is 3.23. The second-order valence-electron chi connectivity index (χ2n) is 9.53. The fourth-order valence-corrected chi connectivity index (χ4v) is 4.87. The van der Waals surface area contributed by atoms with Gasteiger partial charge >= 0.3 is 18.0 Å². The summed E-state index contributed by atoms with van der Waals surface area (Å²) in [4.78, 5) is 39.3. The zero-order chi connectivity index (χ0) is 23.6. The molecule has 1 aliphatic heterocycles. The minimum absolute atomic E-state index is 0.0691. The van der Waals surface area contributed by atoms with E-state index in [1.165, 1.54) is 19.1 Å². The number of hydrogen-bond donors (Lipinski definition) is 0. The Labute approximate surface area is 189 Å². The second kappa shape index (κ2) is 9.48. The second-order valence-corrected chi connectivity index (χ2v) is 9.53. The van der Waals surface area contributed by atoms with Gasteiger partial charge in [-0.2, -0.15) is 0 Å². The van der Waals surface area contributed by atoms with E-state index >= 15 is 0 Å². The highest BCUT2D eigenvalue weighted by atomic mass is 16.6. The summed E-state index contributed by atoms with van der Waals surface area (Å²) in [7, 11) is 4.32. The molecule has 0 radical (unpaired) electrons. The molecule has 0 bridgehead atoms. The molecule has 2 aliphatic rings. The maximum absolute atomic E-state index is 12.8. The van der Waals surface area contributed by atoms with Gasteiger partial charge < -0.3 is 18.9 Å². The van der Waals surface area contributed by atoms with E-state index in [4.69, 9.17) is 18.9 Å². The molecule has 8 heteroatoms. The van der Waals surface area contributed by atoms with Crippen LogP contribution in [-0.4, -0.2) is 58.1 Å². The molecule has 0 N–H and O–H groups in total. The first-order valence-electron chi connectivity index (χ1n) is 10.9. The molecule has 1 saturated heterocycles. The van der Waals surface area contributed by atoms with E-state index in [9.17, 15) is 14.4 Å². The Hall–Kier alpha value is -2.61. The van der Waals surface area contributed by atoms with Gasteiger partial charge in [0.1, 0.15) is 5.60 Å². The third kappa shape index (κ3) is 4.90. The maximum atomic E-state index is 12.8. The number of anilines is 1. The standard InChI is InChI=1S/C24H33NO7/c1-24(2,3)32-23(28)25(4)16-9-7-14(8-10-16)17-11-15-12-31-13-18(15)20(22(27)30-6)19(17)21(26)29-5/h7-10,15,17-20H,11-13H2,1-6H3. The molecular formula is C24H33NO7. The number of ether oxygens (including phenoxy) is 4. The molecule has 1 aromatic rings. The Balaban J connectivity index is 1.90. The van der Waals surface area contributed by atoms with Crippen LogP contribution in [-0.2, 0) is 28.5 Å². The van der Waals surface area contributed by atoms with Crippen molar-refractivity contribution in [3.63, 3.8) is 0 Å². The highest BCUT2D eigenvalue weighted by Gasteiger charge is 2.54. The molecular weight excluding hydrogens is 414 g/mol. The van der Waals surface area contributed by atoms with Crippen LogP contribution in [0, 0.1) is 23.7 Å². The zero-order valence-corrected chi connectivity index (χ0v) is 19.6. The van der Waals surface area contributed by atoms with Crippen molar-refractivity contribution in [3.05, 3.63) is 29.8 Å². The molecule has 1 heterocycles. The normalized spacial score (nSPS) is 27.2. The molecule has 176 valence electrons. The van der Waals surface area contributed by atoms with Crippen LogP contribution in [0.15, 0.2) is 24.3 Å². The van der Waals surface area contributed by atoms with Crippen molar-refractivity contribution in [2.24, 2.45) is 23.7 Å². The van der Waals surface area contributed by atoms with Gasteiger partial charge in [-0.15, -0.1) is 0 Å². The summed E-state index contributed by atoms with van der Waals surface area (Å²) in [6.07, 6.45) is 0.256. The van der Waals surface area contributed by atoms with Crippen molar-refractivity contribution < 1.29 is 33.3 Å². The summed E-state index contributed by atoms with van der Waals surface area (Å²) in [5.41, 5.74) is 0.977. The van der Waals surface area contributed by atoms with E-state index < -0.39 is 35.5 Å². The number of rotatable bonds is 4. The van der Waals surface area contributed by atoms with Crippen molar-refractivity contribution in [1.82, 2.24) is 0 Å². The molecule has 1 aliphatic carbocycles. The highest BCUT2D eigenvalue weighted by Crippen LogP contribution is 2.50. The SMILES string of the molecule is COC(=O)C1C(c2ccc(N(C)C(=O)OC(C)(C)C)cc2)CC2COCC2C1C(=O)OC. The zero-order valence-electron chi connectivity index (χ0n) is 19.6. The van der Waals surface area contributed by atoms with Gasteiger partial charge in [-0.1, -0.05) is 12.1 Å². The average molecular weight is 448 g/mol. The molecule has 8 nitrogen and oxygen atoms in total. The van der Waals surface area contributed by atoms with Gasteiger partial charge in [-0.3, -0.25) is 14.5 Å². The van der Waals surface area contributed by atoms with Gasteiger partial charge in [0, 0.05) is 25.3 Å². The molecule has 1 amide bonds. The van der Waals surface area contributed by atoms with Gasteiger partial charge in [0.2, 0.25) is 0 Å². The summed E-state index contributed by atoms with van der Waals surface area (Å²) >= 11 is 0. The number of fused-ring (bicyclic) bond motifs is 1. The largest absolute Gasteiger partial charge is 0.469 e. The number of methoxy groups -OCH3 is 2. The topological polar surface area (TPSA) is 91.4 Å². The van der Waals surface area contributed by atoms with Gasteiger partial charge in [-0.25, -0.2) is 4.79 Å². The lowest BCUT2D eigenvalue weighted by Gasteiger charge is -2.41. The minimum Gasteiger partial charge on any atom is -0.469 e. The molecule has 3 rings (SSSR count). The van der Waals surface area contributed by atoms with E-state index in [0.29, 0.717) is 25.3 Å². The van der Waals surface area contributed by atoms with Crippen LogP contribution in [0.3, 0.4) is 0 Å². The Morgan fingerprint density at radius 1 is 0.969 bits per heavy atom. The molecule has 0 spiro atoms. The maximum Gasteiger partial charge on any atom is 0.414 e. The Morgan fingerprint density at radius 3 is 2.12 bits per heavy atom. The quantitative estimate of drug-likeness (QED) is 0.516. The molecule has 5 unspecified atom stereocenters. The molecule has 1 aromatic carbocycles. The minimum atomic E-state index is -0.662. The van der Waals surface area contributed by atoms with Crippen molar-refractivity contribution in [2.45, 2.75) is 38.7 Å². The lowest BCUT2D eigenvalue weighted by molar-refractivity contribution is -0.164. The first kappa shape index (κ1) is 24.0. The van der Waals surface area contributed by atoms with Gasteiger partial charge in [0.05, 0.1) is 32.7 Å². The van der Waals surface area contributed by atoms with E-state index in [-0.39, 0.29) is 17.8 Å². The number of nitrogens with zero attached hydrogens (tertiary/aromatic N) is 1. The number of hydrogen-bond acceptors (Lipinski definition) is 7. The van der Waals surface area contributed by atoms with Crippen LogP contribution in [0.1, 0.15) is 38.7 Å². The third-order valence-corrected chi connectivity index (χ3v) is 6.41. The lowest BCUT2D eigenvalue weighted by atomic mass is 9.61. The smallest absolute Gasteiger partial charge is 0.414 e. The summed E-state index contributed by atoms with van der Waals surface area (Å²) in [6, 6.07) is 7.42. The molecule has 5 atom stereocenters. The Bertz CT molecular complexity index is 845. The summed E-state index contributed by atoms with van der Waals surface area (Å²) in [5.74, 6) is -2.25. The predicted molar refractivity (Wildman–Crippen MR) is 117 cm³/mol. The fourth-order valence-electron chi connectivity index (χ4n) is 4.87. The van der Waals surface area contributed by atoms with Crippen LogP contribution in [0.5, 0.6) is 0 Å². The van der Waals surface area contributed by atoms with Crippen LogP contribution in [0.4, 0.5) is 10.5 Å². The van der Waals surface area contributed by atoms with Crippen LogP contribution >= 0.6 is 0 Å². The van der Waals surface area contributed by atoms with Crippen molar-refractivity contribution in [2.75, 3.05) is 39.4 Å². The monoisotopic (exact) mass is 447 g/mol. The van der Waals surface area contributed by atoms with Gasteiger partial charge in [-0.05, 0) is 56.7 Å². The van der Waals surface area contributed by atoms with E-state index in [2.05, 4.69) is 0 Å². The highest BCUT2D eigenvalue weighted by molar-refractivity contribution is 5.87. The number of carbonyl (C=O) groups excluding carboxylic acids is 3. The predicted octanol–water partition coefficient (Wildman–Crippen LogP) is 3.39. The van der Waals surface area contributed by atoms with E-state index in [1.807, 2.05) is 45.0 Å².